The molecule has 1 saturated heterocycles. The number of benzene rings is 1. The Morgan fingerprint density at radius 1 is 1.21 bits per heavy atom. The molecule has 0 spiro atoms. The molecule has 1 aliphatic carbocycles. The fraction of sp³-hybridized carbons (Fsp3) is 0.650. The van der Waals surface area contributed by atoms with Crippen LogP contribution in [0.25, 0.3) is 0 Å². The summed E-state index contributed by atoms with van der Waals surface area (Å²) >= 11 is 0. The number of rotatable bonds is 9. The Morgan fingerprint density at radius 2 is 2.00 bits per heavy atom. The summed E-state index contributed by atoms with van der Waals surface area (Å²) in [7, 11) is 0. The highest BCUT2D eigenvalue weighted by atomic mass is 16.5. The number of likely N-dealkylation sites (tertiary alicyclic amines) is 1. The van der Waals surface area contributed by atoms with Crippen LogP contribution < -0.4 is 4.74 Å². The first kappa shape index (κ1) is 17.3. The van der Waals surface area contributed by atoms with Crippen LogP contribution in [0.15, 0.2) is 24.3 Å². The fourth-order valence-electron chi connectivity index (χ4n) is 3.03. The van der Waals surface area contributed by atoms with Gasteiger partial charge in [-0.15, -0.1) is 0 Å². The van der Waals surface area contributed by atoms with E-state index in [0.717, 1.165) is 57.2 Å². The van der Waals surface area contributed by atoms with Crippen LogP contribution in [0.2, 0.25) is 0 Å². The molecule has 4 nitrogen and oxygen atoms in total. The Morgan fingerprint density at radius 3 is 2.71 bits per heavy atom. The van der Waals surface area contributed by atoms with Crippen LogP contribution in [-0.2, 0) is 16.0 Å². The zero-order valence-corrected chi connectivity index (χ0v) is 14.7. The second-order valence-corrected chi connectivity index (χ2v) is 7.02. The van der Waals surface area contributed by atoms with Crippen LogP contribution in [0.3, 0.4) is 0 Å². The average Bonchev–Trinajstić information content (AvgIpc) is 3.32. The van der Waals surface area contributed by atoms with Gasteiger partial charge in [-0.1, -0.05) is 19.1 Å². The number of hydrogen-bond acceptors (Lipinski definition) is 3. The summed E-state index contributed by atoms with van der Waals surface area (Å²) < 4.78 is 11.5. The first-order valence-electron chi connectivity index (χ1n) is 9.35. The van der Waals surface area contributed by atoms with Gasteiger partial charge in [0.15, 0.2) is 0 Å². The molecular formula is C20H29NO3. The Labute approximate surface area is 145 Å². The molecule has 1 aliphatic heterocycles. The van der Waals surface area contributed by atoms with Crippen LogP contribution in [-0.4, -0.2) is 43.2 Å². The average molecular weight is 331 g/mol. The number of aryl methyl sites for hydroxylation is 1. The van der Waals surface area contributed by atoms with Gasteiger partial charge in [0, 0.05) is 26.1 Å². The molecule has 0 unspecified atom stereocenters. The van der Waals surface area contributed by atoms with Crippen LogP contribution in [0.5, 0.6) is 5.75 Å². The number of carbonyl (C=O) groups is 1. The van der Waals surface area contributed by atoms with E-state index in [-0.39, 0.29) is 12.0 Å². The number of amides is 1. The smallest absolute Gasteiger partial charge is 0.222 e. The molecule has 132 valence electrons. The molecule has 3 rings (SSSR count). The quantitative estimate of drug-likeness (QED) is 0.696. The molecule has 0 bridgehead atoms. The van der Waals surface area contributed by atoms with Crippen molar-refractivity contribution in [2.24, 2.45) is 5.92 Å². The minimum Gasteiger partial charge on any atom is -0.494 e. The number of hydrogen-bond donors (Lipinski definition) is 0. The molecule has 4 heteroatoms. The fourth-order valence-corrected chi connectivity index (χ4v) is 3.03. The van der Waals surface area contributed by atoms with Crippen molar-refractivity contribution < 1.29 is 14.3 Å². The molecule has 1 amide bonds. The molecule has 24 heavy (non-hydrogen) atoms. The molecule has 1 atom stereocenters. The van der Waals surface area contributed by atoms with Gasteiger partial charge in [0.05, 0.1) is 12.7 Å². The normalized spacial score (nSPS) is 20.4. The van der Waals surface area contributed by atoms with Crippen molar-refractivity contribution in [2.45, 2.75) is 51.6 Å². The van der Waals surface area contributed by atoms with Gasteiger partial charge in [0.25, 0.3) is 0 Å². The summed E-state index contributed by atoms with van der Waals surface area (Å²) in [5, 5.41) is 0. The number of nitrogens with zero attached hydrogens (tertiary/aromatic N) is 1. The molecule has 1 aromatic rings. The lowest BCUT2D eigenvalue weighted by Gasteiger charge is -2.17. The Hall–Kier alpha value is -1.55. The zero-order chi connectivity index (χ0) is 16.8. The van der Waals surface area contributed by atoms with E-state index in [9.17, 15) is 4.79 Å². The topological polar surface area (TPSA) is 38.8 Å². The predicted octanol–water partition coefficient (Wildman–Crippen LogP) is 3.44. The van der Waals surface area contributed by atoms with E-state index in [1.807, 2.05) is 17.0 Å². The van der Waals surface area contributed by atoms with Crippen LogP contribution >= 0.6 is 0 Å². The lowest BCUT2D eigenvalue weighted by Crippen LogP contribution is -2.30. The van der Waals surface area contributed by atoms with Crippen molar-refractivity contribution in [2.75, 3.05) is 26.3 Å². The van der Waals surface area contributed by atoms with Gasteiger partial charge in [-0.2, -0.15) is 0 Å². The van der Waals surface area contributed by atoms with Gasteiger partial charge in [-0.05, 0) is 55.7 Å². The van der Waals surface area contributed by atoms with E-state index >= 15 is 0 Å². The van der Waals surface area contributed by atoms with Crippen molar-refractivity contribution in [1.82, 2.24) is 4.90 Å². The monoisotopic (exact) mass is 331 g/mol. The van der Waals surface area contributed by atoms with Crippen molar-refractivity contribution in [3.8, 4) is 5.75 Å². The summed E-state index contributed by atoms with van der Waals surface area (Å²) in [5.41, 5.74) is 1.19. The molecule has 0 N–H and O–H groups in total. The third-order valence-electron chi connectivity index (χ3n) is 4.79. The van der Waals surface area contributed by atoms with Crippen molar-refractivity contribution in [3.63, 3.8) is 0 Å². The maximum atomic E-state index is 12.4. The summed E-state index contributed by atoms with van der Waals surface area (Å²) in [4.78, 5) is 14.3. The van der Waals surface area contributed by atoms with Crippen molar-refractivity contribution in [3.05, 3.63) is 29.8 Å². The summed E-state index contributed by atoms with van der Waals surface area (Å²) in [5.74, 6) is 1.94. The van der Waals surface area contributed by atoms with E-state index in [2.05, 4.69) is 19.1 Å². The minimum absolute atomic E-state index is 0.249. The first-order chi connectivity index (χ1) is 11.7. The minimum atomic E-state index is 0.249. The van der Waals surface area contributed by atoms with Crippen LogP contribution in [0.4, 0.5) is 0 Å². The highest BCUT2D eigenvalue weighted by Crippen LogP contribution is 2.30. The lowest BCUT2D eigenvalue weighted by atomic mass is 10.1. The van der Waals surface area contributed by atoms with Gasteiger partial charge >= 0.3 is 0 Å². The number of carbonyl (C=O) groups excluding carboxylic acids is 1. The Balaban J connectivity index is 1.37. The van der Waals surface area contributed by atoms with E-state index in [1.165, 1.54) is 18.4 Å². The molecule has 0 radical (unpaired) electrons. The highest BCUT2D eigenvalue weighted by molar-refractivity contribution is 5.76. The second kappa shape index (κ2) is 8.52. The SMILES string of the molecule is CCCOc1ccc(CCC(=O)N2CC[C@H](OCC3CC3)C2)cc1. The molecular weight excluding hydrogens is 302 g/mol. The molecule has 0 aromatic heterocycles. The standard InChI is InChI=1S/C20H29NO3/c1-2-13-23-18-8-5-16(6-9-18)7-10-20(22)21-12-11-19(14-21)24-15-17-3-4-17/h5-6,8-9,17,19H,2-4,7,10-15H2,1H3/t19-/m0/s1. The predicted molar refractivity (Wildman–Crippen MR) is 94.2 cm³/mol. The second-order valence-electron chi connectivity index (χ2n) is 7.02. The van der Waals surface area contributed by atoms with Gasteiger partial charge in [0.1, 0.15) is 5.75 Å². The van der Waals surface area contributed by atoms with E-state index in [0.29, 0.717) is 6.42 Å². The summed E-state index contributed by atoms with van der Waals surface area (Å²) in [6.07, 6.45) is 6.25. The molecule has 1 aromatic carbocycles. The molecule has 1 heterocycles. The van der Waals surface area contributed by atoms with E-state index in [1.54, 1.807) is 0 Å². The summed E-state index contributed by atoms with van der Waals surface area (Å²) in [6, 6.07) is 8.10. The van der Waals surface area contributed by atoms with E-state index < -0.39 is 0 Å². The maximum absolute atomic E-state index is 12.4. The third kappa shape index (κ3) is 5.23. The Kier molecular flexibility index (Phi) is 6.13. The maximum Gasteiger partial charge on any atom is 0.222 e. The molecule has 2 fully saturated rings. The highest BCUT2D eigenvalue weighted by Gasteiger charge is 2.29. The zero-order valence-electron chi connectivity index (χ0n) is 14.7. The lowest BCUT2D eigenvalue weighted by molar-refractivity contribution is -0.130. The summed E-state index contributed by atoms with van der Waals surface area (Å²) in [6.45, 7) is 5.35. The molecule has 1 saturated carbocycles. The largest absolute Gasteiger partial charge is 0.494 e. The van der Waals surface area contributed by atoms with Gasteiger partial charge in [-0.25, -0.2) is 0 Å². The van der Waals surface area contributed by atoms with Gasteiger partial charge in [0.2, 0.25) is 5.91 Å². The number of ether oxygens (including phenoxy) is 2. The van der Waals surface area contributed by atoms with Crippen LogP contribution in [0, 0.1) is 5.92 Å². The van der Waals surface area contributed by atoms with Gasteiger partial charge in [-0.3, -0.25) is 4.79 Å². The van der Waals surface area contributed by atoms with Gasteiger partial charge < -0.3 is 14.4 Å². The molecule has 2 aliphatic rings. The Bertz CT molecular complexity index is 524. The van der Waals surface area contributed by atoms with E-state index in [4.69, 9.17) is 9.47 Å². The van der Waals surface area contributed by atoms with Crippen molar-refractivity contribution in [1.29, 1.82) is 0 Å². The third-order valence-corrected chi connectivity index (χ3v) is 4.79. The van der Waals surface area contributed by atoms with Crippen molar-refractivity contribution >= 4 is 5.91 Å². The first-order valence-corrected chi connectivity index (χ1v) is 9.35. The van der Waals surface area contributed by atoms with Crippen LogP contribution in [0.1, 0.15) is 44.6 Å².